The average Bonchev–Trinajstić information content (AvgIpc) is 2.88. The van der Waals surface area contributed by atoms with E-state index in [0.29, 0.717) is 11.5 Å². The van der Waals surface area contributed by atoms with Gasteiger partial charge in [0.05, 0.1) is 10.8 Å². The minimum atomic E-state index is -3.58. The molecule has 0 aliphatic rings. The van der Waals surface area contributed by atoms with E-state index in [-0.39, 0.29) is 10.9 Å². The predicted molar refractivity (Wildman–Crippen MR) is 85.3 cm³/mol. The Morgan fingerprint density at radius 1 is 1.14 bits per heavy atom. The van der Waals surface area contributed by atoms with E-state index in [1.807, 2.05) is 6.07 Å². The molecule has 0 fully saturated rings. The highest BCUT2D eigenvalue weighted by atomic mass is 32.2. The Labute approximate surface area is 129 Å². The van der Waals surface area contributed by atoms with E-state index in [9.17, 15) is 8.42 Å². The summed E-state index contributed by atoms with van der Waals surface area (Å²) in [4.78, 5) is 0. The van der Waals surface area contributed by atoms with Gasteiger partial charge in [0.15, 0.2) is 10.0 Å². The second-order valence-electron chi connectivity index (χ2n) is 4.74. The summed E-state index contributed by atoms with van der Waals surface area (Å²) >= 11 is 1.26. The molecule has 1 aromatic heterocycles. The van der Waals surface area contributed by atoms with Gasteiger partial charge in [-0.3, -0.25) is 5.10 Å². The van der Waals surface area contributed by atoms with Crippen molar-refractivity contribution in [1.82, 2.24) is 10.2 Å². The fourth-order valence-electron chi connectivity index (χ4n) is 2.00. The van der Waals surface area contributed by atoms with Gasteiger partial charge in [0, 0.05) is 11.0 Å². The number of rotatable bonds is 7. The number of aromatic nitrogens is 2. The number of sulfonamides is 1. The lowest BCUT2D eigenvalue weighted by molar-refractivity contribution is 0.602. The highest BCUT2D eigenvalue weighted by Gasteiger charge is 2.12. The van der Waals surface area contributed by atoms with E-state index in [4.69, 9.17) is 0 Å². The molecule has 0 saturated carbocycles. The minimum Gasteiger partial charge on any atom is -0.346 e. The predicted octanol–water partition coefficient (Wildman–Crippen LogP) is 3.98. The number of nitrogens with zero attached hydrogens (tertiary/aromatic N) is 3. The van der Waals surface area contributed by atoms with Crippen LogP contribution in [0.3, 0.4) is 0 Å². The minimum absolute atomic E-state index is 0.117. The van der Waals surface area contributed by atoms with Crippen LogP contribution in [0.5, 0.6) is 0 Å². The van der Waals surface area contributed by atoms with Crippen molar-refractivity contribution < 1.29 is 8.42 Å². The maximum atomic E-state index is 12.1. The topological polar surface area (TPSA) is 74.0 Å². The summed E-state index contributed by atoms with van der Waals surface area (Å²) in [6.45, 7) is 4.16. The van der Waals surface area contributed by atoms with Gasteiger partial charge in [-0.25, -0.2) is 8.42 Å². The zero-order chi connectivity index (χ0) is 15.3. The standard InChI is InChI=1S/C14H18N3O2S2/c1-3-12(4-2)13-15-16-14(20-13)17-21(18,19)10-11-8-6-5-7-9-11/h5-9,12H,3-4,10H2,1-2H3/q-1. The quantitative estimate of drug-likeness (QED) is 0.772. The maximum Gasteiger partial charge on any atom is 0.178 e. The van der Waals surface area contributed by atoms with Crippen molar-refractivity contribution in [3.8, 4) is 0 Å². The summed E-state index contributed by atoms with van der Waals surface area (Å²) in [5.41, 5.74) is 0.714. The van der Waals surface area contributed by atoms with Gasteiger partial charge in [-0.05, 0) is 18.4 Å². The largest absolute Gasteiger partial charge is 0.346 e. The van der Waals surface area contributed by atoms with Crippen LogP contribution in [-0.2, 0) is 15.8 Å². The van der Waals surface area contributed by atoms with Gasteiger partial charge in [0.1, 0.15) is 0 Å². The van der Waals surface area contributed by atoms with Crippen molar-refractivity contribution in [2.75, 3.05) is 0 Å². The summed E-state index contributed by atoms with van der Waals surface area (Å²) in [5.74, 6) is 0.205. The second kappa shape index (κ2) is 7.00. The molecule has 2 rings (SSSR count). The maximum absolute atomic E-state index is 12.1. The van der Waals surface area contributed by atoms with Crippen molar-refractivity contribution in [1.29, 1.82) is 0 Å². The third-order valence-electron chi connectivity index (χ3n) is 3.17. The van der Waals surface area contributed by atoms with Crippen molar-refractivity contribution in [2.45, 2.75) is 38.4 Å². The Morgan fingerprint density at radius 3 is 2.43 bits per heavy atom. The molecule has 0 aliphatic heterocycles. The zero-order valence-corrected chi connectivity index (χ0v) is 13.7. The molecule has 0 N–H and O–H groups in total. The Hall–Kier alpha value is -1.47. The molecule has 0 atom stereocenters. The van der Waals surface area contributed by atoms with Crippen LogP contribution in [0.15, 0.2) is 30.3 Å². The van der Waals surface area contributed by atoms with Gasteiger partial charge in [-0.1, -0.05) is 44.2 Å². The smallest absolute Gasteiger partial charge is 0.178 e. The molecular formula is C14H18N3O2S2-. The first-order valence-corrected chi connectivity index (χ1v) is 9.29. The molecule has 21 heavy (non-hydrogen) atoms. The van der Waals surface area contributed by atoms with Crippen LogP contribution >= 0.6 is 11.3 Å². The van der Waals surface area contributed by atoms with Gasteiger partial charge in [-0.2, -0.15) is 0 Å². The monoisotopic (exact) mass is 324 g/mol. The molecule has 0 amide bonds. The van der Waals surface area contributed by atoms with Gasteiger partial charge >= 0.3 is 0 Å². The average molecular weight is 324 g/mol. The van der Waals surface area contributed by atoms with Crippen LogP contribution in [-0.4, -0.2) is 18.6 Å². The molecule has 0 unspecified atom stereocenters. The van der Waals surface area contributed by atoms with Crippen LogP contribution < -0.4 is 0 Å². The highest BCUT2D eigenvalue weighted by molar-refractivity contribution is 7.93. The lowest BCUT2D eigenvalue weighted by atomic mass is 10.1. The van der Waals surface area contributed by atoms with Gasteiger partial charge < -0.3 is 9.82 Å². The van der Waals surface area contributed by atoms with Gasteiger partial charge in [0.2, 0.25) is 0 Å². The molecular weight excluding hydrogens is 306 g/mol. The number of hydrogen-bond donors (Lipinski definition) is 0. The molecule has 1 heterocycles. The first kappa shape index (κ1) is 15.9. The Balaban J connectivity index is 2.07. The first-order valence-electron chi connectivity index (χ1n) is 6.87. The van der Waals surface area contributed by atoms with E-state index in [1.54, 1.807) is 24.3 Å². The van der Waals surface area contributed by atoms with E-state index in [1.165, 1.54) is 11.3 Å². The van der Waals surface area contributed by atoms with Crippen molar-refractivity contribution in [3.05, 3.63) is 45.6 Å². The summed E-state index contributed by atoms with van der Waals surface area (Å²) in [6, 6.07) is 8.99. The zero-order valence-electron chi connectivity index (χ0n) is 12.1. The SMILES string of the molecule is CCC(CC)c1nnc([N-]S(=O)(=O)Cc2ccccc2)s1. The third kappa shape index (κ3) is 4.50. The molecule has 0 spiro atoms. The van der Waals surface area contributed by atoms with Crippen LogP contribution in [0.4, 0.5) is 5.13 Å². The molecule has 7 heteroatoms. The van der Waals surface area contributed by atoms with Crippen molar-refractivity contribution in [2.24, 2.45) is 0 Å². The molecule has 114 valence electrons. The van der Waals surface area contributed by atoms with Gasteiger partial charge in [0.25, 0.3) is 0 Å². The molecule has 2 aromatic rings. The fraction of sp³-hybridized carbons (Fsp3) is 0.429. The van der Waals surface area contributed by atoms with Crippen molar-refractivity contribution in [3.63, 3.8) is 0 Å². The summed E-state index contributed by atoms with van der Waals surface area (Å²) in [6.07, 6.45) is 1.92. The lowest BCUT2D eigenvalue weighted by Crippen LogP contribution is -2.00. The molecule has 5 nitrogen and oxygen atoms in total. The number of hydrogen-bond acceptors (Lipinski definition) is 5. The van der Waals surface area contributed by atoms with Crippen LogP contribution in [0.2, 0.25) is 0 Å². The Morgan fingerprint density at radius 2 is 1.81 bits per heavy atom. The first-order chi connectivity index (χ1) is 10.0. The van der Waals surface area contributed by atoms with E-state index in [2.05, 4.69) is 28.8 Å². The van der Waals surface area contributed by atoms with Crippen LogP contribution in [0.1, 0.15) is 43.2 Å². The van der Waals surface area contributed by atoms with E-state index >= 15 is 0 Å². The molecule has 1 aromatic carbocycles. The van der Waals surface area contributed by atoms with Crippen LogP contribution in [0, 0.1) is 0 Å². The fourth-order valence-corrected chi connectivity index (χ4v) is 4.30. The van der Waals surface area contributed by atoms with Crippen LogP contribution in [0.25, 0.3) is 4.72 Å². The normalized spacial score (nSPS) is 11.8. The van der Waals surface area contributed by atoms with Crippen molar-refractivity contribution >= 4 is 26.5 Å². The molecule has 0 aliphatic carbocycles. The molecule has 0 bridgehead atoms. The summed E-state index contributed by atoms with van der Waals surface area (Å²) < 4.78 is 27.9. The Kier molecular flexibility index (Phi) is 5.30. The van der Waals surface area contributed by atoms with E-state index < -0.39 is 10.0 Å². The lowest BCUT2D eigenvalue weighted by Gasteiger charge is -2.11. The summed E-state index contributed by atoms with van der Waals surface area (Å²) in [5, 5.41) is 9.01. The third-order valence-corrected chi connectivity index (χ3v) is 5.42. The number of benzene rings is 1. The Bertz CT molecular complexity index is 665. The van der Waals surface area contributed by atoms with E-state index in [0.717, 1.165) is 17.8 Å². The summed E-state index contributed by atoms with van der Waals surface area (Å²) in [7, 11) is -3.58. The van der Waals surface area contributed by atoms with Gasteiger partial charge in [-0.15, -0.1) is 11.3 Å². The molecule has 0 radical (unpaired) electrons. The highest BCUT2D eigenvalue weighted by Crippen LogP contribution is 2.33. The molecule has 0 saturated heterocycles. The second-order valence-corrected chi connectivity index (χ2v) is 7.36.